The van der Waals surface area contributed by atoms with Gasteiger partial charge in [0.05, 0.1) is 59.7 Å². The first kappa shape index (κ1) is 30.4. The fourth-order valence-electron chi connectivity index (χ4n) is 2.65. The van der Waals surface area contributed by atoms with Gasteiger partial charge >= 0.3 is 0 Å². The number of ether oxygens (including phenoxy) is 4. The van der Waals surface area contributed by atoms with Crippen LogP contribution in [0.1, 0.15) is 0 Å². The lowest BCUT2D eigenvalue weighted by atomic mass is 10.0. The highest BCUT2D eigenvalue weighted by molar-refractivity contribution is 6.55. The van der Waals surface area contributed by atoms with Gasteiger partial charge in [0.25, 0.3) is 0 Å². The predicted octanol–water partition coefficient (Wildman–Crippen LogP) is 7.36. The minimum Gasteiger partial charge on any atom is -0.488 e. The molecule has 14 heteroatoms. The van der Waals surface area contributed by atoms with Crippen LogP contribution in [0.25, 0.3) is 11.1 Å². The number of hydrogen-bond donors (Lipinski definition) is 2. The first-order chi connectivity index (χ1) is 16.2. The number of hydrogen-bond acceptors (Lipinski definition) is 6. The van der Waals surface area contributed by atoms with Gasteiger partial charge < -0.3 is 29.2 Å². The lowest BCUT2D eigenvalue weighted by Crippen LogP contribution is -2.10. The van der Waals surface area contributed by atoms with Crippen molar-refractivity contribution in [1.29, 1.82) is 0 Å². The Bertz CT molecular complexity index is 866. The van der Waals surface area contributed by atoms with Crippen LogP contribution in [-0.2, 0) is 9.47 Å². The third kappa shape index (κ3) is 7.15. The smallest absolute Gasteiger partial charge is 0.159 e. The Morgan fingerprint density at radius 2 is 0.706 bits per heavy atom. The monoisotopic (exact) mass is 634 g/mol. The molecular formula is C20H18Cl8O6. The molecule has 0 heterocycles. The van der Waals surface area contributed by atoms with E-state index in [4.69, 9.17) is 122 Å². The van der Waals surface area contributed by atoms with Crippen molar-refractivity contribution < 1.29 is 29.2 Å². The molecule has 0 atom stereocenters. The molecule has 0 radical (unpaired) electrons. The van der Waals surface area contributed by atoms with Gasteiger partial charge in [-0.05, 0) is 0 Å². The Labute approximate surface area is 236 Å². The Hall–Kier alpha value is 0.200. The van der Waals surface area contributed by atoms with E-state index in [0.29, 0.717) is 0 Å². The van der Waals surface area contributed by atoms with Crippen molar-refractivity contribution >= 4 is 92.8 Å². The molecule has 0 aliphatic rings. The van der Waals surface area contributed by atoms with Gasteiger partial charge in [-0.1, -0.05) is 92.8 Å². The van der Waals surface area contributed by atoms with E-state index in [2.05, 4.69) is 0 Å². The second-order valence-electron chi connectivity index (χ2n) is 6.29. The molecule has 190 valence electrons. The third-order valence-corrected chi connectivity index (χ3v) is 7.46. The van der Waals surface area contributed by atoms with Crippen LogP contribution < -0.4 is 9.47 Å². The molecule has 0 aromatic heterocycles. The van der Waals surface area contributed by atoms with Crippen molar-refractivity contribution in [2.75, 3.05) is 52.9 Å². The fraction of sp³-hybridized carbons (Fsp3) is 0.400. The Morgan fingerprint density at radius 3 is 0.971 bits per heavy atom. The highest BCUT2D eigenvalue weighted by Crippen LogP contribution is 2.56. The van der Waals surface area contributed by atoms with Crippen molar-refractivity contribution in [3.8, 4) is 22.6 Å². The van der Waals surface area contributed by atoms with Crippen molar-refractivity contribution in [1.82, 2.24) is 0 Å². The van der Waals surface area contributed by atoms with Crippen LogP contribution in [0.4, 0.5) is 0 Å². The van der Waals surface area contributed by atoms with Crippen LogP contribution >= 0.6 is 92.8 Å². The van der Waals surface area contributed by atoms with Crippen LogP contribution in [0.3, 0.4) is 0 Å². The number of aliphatic hydroxyl groups excluding tert-OH is 2. The summed E-state index contributed by atoms with van der Waals surface area (Å²) in [4.78, 5) is 0. The summed E-state index contributed by atoms with van der Waals surface area (Å²) in [6, 6.07) is 0. The molecule has 0 saturated carbocycles. The van der Waals surface area contributed by atoms with Crippen LogP contribution in [-0.4, -0.2) is 63.1 Å². The summed E-state index contributed by atoms with van der Waals surface area (Å²) in [5.74, 6) is 0.0592. The van der Waals surface area contributed by atoms with Crippen molar-refractivity contribution in [2.24, 2.45) is 0 Å². The van der Waals surface area contributed by atoms with E-state index in [1.54, 1.807) is 0 Å². The van der Waals surface area contributed by atoms with Gasteiger partial charge in [0.1, 0.15) is 33.3 Å². The zero-order valence-electron chi connectivity index (χ0n) is 17.2. The molecule has 2 N–H and O–H groups in total. The number of halogens is 8. The molecule has 2 aromatic rings. The molecule has 0 aliphatic heterocycles. The first-order valence-corrected chi connectivity index (χ1v) is 12.6. The highest BCUT2D eigenvalue weighted by atomic mass is 35.5. The Balaban J connectivity index is 2.45. The van der Waals surface area contributed by atoms with Crippen molar-refractivity contribution in [3.63, 3.8) is 0 Å². The van der Waals surface area contributed by atoms with Gasteiger partial charge in [0.15, 0.2) is 11.5 Å². The standard InChI is InChI=1S/C20H18Cl8O6/c21-11-9(12(22)16(26)19(15(11)25)33-7-5-31-3-1-29)10-13(23)17(27)20(18(28)14(10)24)34-8-6-32-4-2-30/h29-30H,1-8H2. The van der Waals surface area contributed by atoms with Gasteiger partial charge in [-0.15, -0.1) is 0 Å². The summed E-state index contributed by atoms with van der Waals surface area (Å²) in [5, 5.41) is 17.1. The number of aliphatic hydroxyl groups is 2. The molecule has 0 aliphatic carbocycles. The second kappa shape index (κ2) is 14.8. The molecule has 0 spiro atoms. The first-order valence-electron chi connectivity index (χ1n) is 9.53. The zero-order chi connectivity index (χ0) is 25.4. The van der Waals surface area contributed by atoms with Crippen LogP contribution in [0.2, 0.25) is 40.2 Å². The van der Waals surface area contributed by atoms with Crippen LogP contribution in [0.5, 0.6) is 11.5 Å². The summed E-state index contributed by atoms with van der Waals surface area (Å²) in [6.07, 6.45) is 0. The lowest BCUT2D eigenvalue weighted by molar-refractivity contribution is 0.0705. The summed E-state index contributed by atoms with van der Waals surface area (Å²) >= 11 is 51.6. The summed E-state index contributed by atoms with van der Waals surface area (Å²) in [7, 11) is 0. The molecule has 0 saturated heterocycles. The maximum atomic E-state index is 8.75. The maximum Gasteiger partial charge on any atom is 0.159 e. The number of rotatable bonds is 13. The predicted molar refractivity (Wildman–Crippen MR) is 139 cm³/mol. The van der Waals surface area contributed by atoms with Gasteiger partial charge in [-0.25, -0.2) is 0 Å². The topological polar surface area (TPSA) is 77.4 Å². The van der Waals surface area contributed by atoms with E-state index in [1.807, 2.05) is 0 Å². The molecule has 2 rings (SSSR count). The van der Waals surface area contributed by atoms with Crippen molar-refractivity contribution in [2.45, 2.75) is 0 Å². The average molecular weight is 638 g/mol. The Kier molecular flexibility index (Phi) is 13.3. The van der Waals surface area contributed by atoms with E-state index < -0.39 is 0 Å². The molecule has 0 unspecified atom stereocenters. The maximum absolute atomic E-state index is 8.75. The summed E-state index contributed by atoms with van der Waals surface area (Å²) < 4.78 is 21.4. The average Bonchev–Trinajstić information content (AvgIpc) is 2.82. The largest absolute Gasteiger partial charge is 0.488 e. The molecular weight excluding hydrogens is 620 g/mol. The fourth-order valence-corrected chi connectivity index (χ4v) is 4.92. The highest BCUT2D eigenvalue weighted by Gasteiger charge is 2.29. The third-order valence-electron chi connectivity index (χ3n) is 4.12. The molecule has 34 heavy (non-hydrogen) atoms. The van der Waals surface area contributed by atoms with Gasteiger partial charge in [-0.2, -0.15) is 0 Å². The molecule has 0 bridgehead atoms. The Morgan fingerprint density at radius 1 is 0.412 bits per heavy atom. The van der Waals surface area contributed by atoms with E-state index in [9.17, 15) is 0 Å². The zero-order valence-corrected chi connectivity index (χ0v) is 23.3. The quantitative estimate of drug-likeness (QED) is 0.177. The van der Waals surface area contributed by atoms with E-state index in [1.165, 1.54) is 0 Å². The van der Waals surface area contributed by atoms with Crippen molar-refractivity contribution in [3.05, 3.63) is 40.2 Å². The normalized spacial score (nSPS) is 11.2. The molecule has 0 amide bonds. The second-order valence-corrected chi connectivity index (χ2v) is 9.31. The van der Waals surface area contributed by atoms with Crippen LogP contribution in [0, 0.1) is 0 Å². The van der Waals surface area contributed by atoms with E-state index in [-0.39, 0.29) is 116 Å². The molecule has 6 nitrogen and oxygen atoms in total. The summed E-state index contributed by atoms with van der Waals surface area (Å²) in [5.41, 5.74) is 0.192. The molecule has 2 aromatic carbocycles. The van der Waals surface area contributed by atoms with Gasteiger partial charge in [0, 0.05) is 11.1 Å². The SMILES string of the molecule is OCCOCCOc1c(Cl)c(Cl)c(-c2c(Cl)c(Cl)c(OCCOCCO)c(Cl)c2Cl)c(Cl)c1Cl. The van der Waals surface area contributed by atoms with Gasteiger partial charge in [0.2, 0.25) is 0 Å². The molecule has 0 fully saturated rings. The van der Waals surface area contributed by atoms with E-state index >= 15 is 0 Å². The number of benzene rings is 2. The van der Waals surface area contributed by atoms with E-state index in [0.717, 1.165) is 0 Å². The van der Waals surface area contributed by atoms with Crippen LogP contribution in [0.15, 0.2) is 0 Å². The minimum absolute atomic E-state index is 0.0296. The summed E-state index contributed by atoms with van der Waals surface area (Å²) in [6.45, 7) is 0.526. The minimum atomic E-state index is -0.123. The van der Waals surface area contributed by atoms with Gasteiger partial charge in [-0.3, -0.25) is 0 Å². The lowest BCUT2D eigenvalue weighted by Gasteiger charge is -2.20.